The van der Waals surface area contributed by atoms with Crippen LogP contribution in [0.2, 0.25) is 0 Å². The van der Waals surface area contributed by atoms with E-state index in [9.17, 15) is 9.00 Å². The number of rotatable bonds is 5. The van der Waals surface area contributed by atoms with E-state index in [0.29, 0.717) is 11.3 Å². The van der Waals surface area contributed by atoms with E-state index in [1.807, 2.05) is 42.5 Å². The van der Waals surface area contributed by atoms with Crippen molar-refractivity contribution < 1.29 is 9.00 Å². The average molecular weight is 364 g/mol. The SMILES string of the molecule is CS(C)(=O)=C(C(=O)c1ccccc1)/C(=C\c1ccccc1)n1cccn1. The molecule has 0 radical (unpaired) electrons. The largest absolute Gasteiger partial charge is 0.288 e. The van der Waals surface area contributed by atoms with Gasteiger partial charge < -0.3 is 0 Å². The van der Waals surface area contributed by atoms with Crippen molar-refractivity contribution in [2.24, 2.45) is 0 Å². The first-order chi connectivity index (χ1) is 12.5. The van der Waals surface area contributed by atoms with Gasteiger partial charge in [0.25, 0.3) is 0 Å². The van der Waals surface area contributed by atoms with E-state index < -0.39 is 9.52 Å². The van der Waals surface area contributed by atoms with E-state index in [2.05, 4.69) is 5.10 Å². The van der Waals surface area contributed by atoms with Crippen LogP contribution in [0.3, 0.4) is 0 Å². The molecule has 0 aliphatic carbocycles. The Kier molecular flexibility index (Phi) is 5.19. The standard InChI is InChI=1S/C21H20N2O2S/c1-26(2,25)21(20(24)18-12-7-4-8-13-18)19(23-15-9-14-22-23)16-17-10-5-3-6-11-17/h3-16H,1-2H3/b19-16+. The molecule has 0 bridgehead atoms. The summed E-state index contributed by atoms with van der Waals surface area (Å²) in [4.78, 5) is 13.5. The van der Waals surface area contributed by atoms with Crippen LogP contribution >= 0.6 is 0 Å². The minimum Gasteiger partial charge on any atom is -0.288 e. The average Bonchev–Trinajstić information content (AvgIpc) is 3.16. The third-order valence-electron chi connectivity index (χ3n) is 3.82. The summed E-state index contributed by atoms with van der Waals surface area (Å²) in [5.74, 6) is -0.252. The molecule has 1 heterocycles. The van der Waals surface area contributed by atoms with Gasteiger partial charge >= 0.3 is 0 Å². The number of Topliss-reactive ketones (excluding diaryl/α,β-unsaturated/α-hetero) is 1. The van der Waals surface area contributed by atoms with Crippen LogP contribution < -0.4 is 0 Å². The van der Waals surface area contributed by atoms with E-state index in [1.165, 1.54) is 0 Å². The number of aromatic nitrogens is 2. The van der Waals surface area contributed by atoms with Gasteiger partial charge in [-0.1, -0.05) is 60.7 Å². The summed E-state index contributed by atoms with van der Waals surface area (Å²) in [6, 6.07) is 20.3. The second-order valence-corrected chi connectivity index (χ2v) is 9.02. The number of hydrogen-bond donors (Lipinski definition) is 0. The van der Waals surface area contributed by atoms with Crippen molar-refractivity contribution in [1.29, 1.82) is 0 Å². The topological polar surface area (TPSA) is 52.0 Å². The number of carbonyl (C=O) groups is 1. The van der Waals surface area contributed by atoms with E-state index >= 15 is 0 Å². The van der Waals surface area contributed by atoms with E-state index in [4.69, 9.17) is 0 Å². The van der Waals surface area contributed by atoms with E-state index in [1.54, 1.807) is 59.9 Å². The Morgan fingerprint density at radius 2 is 1.58 bits per heavy atom. The highest BCUT2D eigenvalue weighted by Gasteiger charge is 2.23. The van der Waals surface area contributed by atoms with Crippen LogP contribution in [0.4, 0.5) is 0 Å². The van der Waals surface area contributed by atoms with Crippen LogP contribution in [0.5, 0.6) is 0 Å². The number of benzene rings is 2. The summed E-state index contributed by atoms with van der Waals surface area (Å²) < 4.78 is 14.7. The van der Waals surface area contributed by atoms with Gasteiger partial charge in [0.2, 0.25) is 5.78 Å². The normalized spacial score (nSPS) is 12.0. The lowest BCUT2D eigenvalue weighted by molar-refractivity contribution is 0.106. The third kappa shape index (κ3) is 4.00. The van der Waals surface area contributed by atoms with Gasteiger partial charge in [0.1, 0.15) is 4.86 Å². The minimum atomic E-state index is -2.57. The zero-order chi connectivity index (χ0) is 18.6. The number of ketones is 1. The number of nitrogens with zero attached hydrogens (tertiary/aromatic N) is 2. The fourth-order valence-corrected chi connectivity index (χ4v) is 3.89. The molecule has 0 aliphatic heterocycles. The Hall–Kier alpha value is -2.92. The number of carbonyl (C=O) groups excluding carboxylic acids is 1. The van der Waals surface area contributed by atoms with Crippen molar-refractivity contribution in [1.82, 2.24) is 9.78 Å². The molecule has 5 heteroatoms. The first-order valence-corrected chi connectivity index (χ1v) is 10.5. The molecule has 0 fully saturated rings. The van der Waals surface area contributed by atoms with Crippen LogP contribution in [0.25, 0.3) is 11.8 Å². The quantitative estimate of drug-likeness (QED) is 0.396. The van der Waals surface area contributed by atoms with Crippen LogP contribution in [-0.2, 0) is 9.52 Å². The molecule has 0 saturated carbocycles. The number of hydrogen-bond acceptors (Lipinski definition) is 3. The fraction of sp³-hybridized carbons (Fsp3) is 0.0952. The summed E-state index contributed by atoms with van der Waals surface area (Å²) >= 11 is 0. The Balaban J connectivity index is 2.24. The number of allylic oxidation sites excluding steroid dienone is 1. The van der Waals surface area contributed by atoms with Crippen LogP contribution in [0.1, 0.15) is 15.9 Å². The van der Waals surface area contributed by atoms with E-state index in [-0.39, 0.29) is 10.6 Å². The van der Waals surface area contributed by atoms with Gasteiger partial charge in [-0.25, -0.2) is 4.68 Å². The first-order valence-electron chi connectivity index (χ1n) is 8.15. The zero-order valence-corrected chi connectivity index (χ0v) is 15.5. The monoisotopic (exact) mass is 364 g/mol. The lowest BCUT2D eigenvalue weighted by Crippen LogP contribution is -2.26. The van der Waals surface area contributed by atoms with Gasteiger partial charge in [-0.15, -0.1) is 0 Å². The molecule has 2 aromatic carbocycles. The predicted octanol–water partition coefficient (Wildman–Crippen LogP) is 3.48. The molecule has 26 heavy (non-hydrogen) atoms. The smallest absolute Gasteiger partial charge is 0.203 e. The van der Waals surface area contributed by atoms with Crippen molar-refractivity contribution in [3.8, 4) is 0 Å². The van der Waals surface area contributed by atoms with Crippen molar-refractivity contribution in [3.63, 3.8) is 0 Å². The molecule has 0 atom stereocenters. The highest BCUT2D eigenvalue weighted by molar-refractivity contribution is 8.03. The van der Waals surface area contributed by atoms with Gasteiger partial charge in [-0.2, -0.15) is 5.10 Å². The minimum absolute atomic E-state index is 0.252. The van der Waals surface area contributed by atoms with Crippen LogP contribution in [0, 0.1) is 0 Å². The fourth-order valence-electron chi connectivity index (χ4n) is 2.67. The lowest BCUT2D eigenvalue weighted by Gasteiger charge is -2.15. The van der Waals surface area contributed by atoms with Gasteiger partial charge in [0.15, 0.2) is 0 Å². The third-order valence-corrected chi connectivity index (χ3v) is 5.20. The molecule has 0 saturated heterocycles. The Bertz CT molecular complexity index is 1040. The van der Waals surface area contributed by atoms with Crippen LogP contribution in [0.15, 0.2) is 79.1 Å². The molecule has 0 amide bonds. The maximum atomic E-state index is 13.2. The van der Waals surface area contributed by atoms with Gasteiger partial charge in [-0.3, -0.25) is 9.00 Å². The highest BCUT2D eigenvalue weighted by Crippen LogP contribution is 2.18. The summed E-state index contributed by atoms with van der Waals surface area (Å²) in [5.41, 5.74) is 1.93. The van der Waals surface area contributed by atoms with Gasteiger partial charge in [-0.05, 0) is 27.2 Å². The molecule has 1 aromatic heterocycles. The summed E-state index contributed by atoms with van der Waals surface area (Å²) in [7, 11) is -2.57. The molecule has 0 aliphatic rings. The maximum Gasteiger partial charge on any atom is 0.203 e. The second kappa shape index (κ2) is 7.54. The maximum absolute atomic E-state index is 13.2. The molecular formula is C21H20N2O2S. The summed E-state index contributed by atoms with van der Waals surface area (Å²) in [6.45, 7) is 0. The second-order valence-electron chi connectivity index (χ2n) is 6.15. The lowest BCUT2D eigenvalue weighted by atomic mass is 10.0. The summed E-state index contributed by atoms with van der Waals surface area (Å²) in [5, 5.41) is 4.27. The van der Waals surface area contributed by atoms with Gasteiger partial charge in [0, 0.05) is 30.5 Å². The predicted molar refractivity (Wildman–Crippen MR) is 109 cm³/mol. The Morgan fingerprint density at radius 3 is 2.12 bits per heavy atom. The van der Waals surface area contributed by atoms with Crippen molar-refractivity contribution in [2.45, 2.75) is 0 Å². The van der Waals surface area contributed by atoms with Crippen molar-refractivity contribution >= 4 is 31.9 Å². The zero-order valence-electron chi connectivity index (χ0n) is 14.7. The molecule has 4 nitrogen and oxygen atoms in total. The molecular weight excluding hydrogens is 344 g/mol. The van der Waals surface area contributed by atoms with Crippen molar-refractivity contribution in [3.05, 3.63) is 90.3 Å². The molecule has 3 rings (SSSR count). The van der Waals surface area contributed by atoms with E-state index in [0.717, 1.165) is 5.56 Å². The molecule has 0 unspecified atom stereocenters. The molecule has 0 spiro atoms. The van der Waals surface area contributed by atoms with Crippen LogP contribution in [-0.4, -0.2) is 37.1 Å². The summed E-state index contributed by atoms with van der Waals surface area (Å²) in [6.07, 6.45) is 8.40. The molecule has 0 N–H and O–H groups in total. The first kappa shape index (κ1) is 17.9. The Labute approximate surface area is 153 Å². The highest BCUT2D eigenvalue weighted by atomic mass is 32.2. The molecule has 3 aromatic rings. The Morgan fingerprint density at radius 1 is 0.962 bits per heavy atom. The molecule has 132 valence electrons. The van der Waals surface area contributed by atoms with Gasteiger partial charge in [0.05, 0.1) is 5.70 Å². The van der Waals surface area contributed by atoms with Crippen molar-refractivity contribution in [2.75, 3.05) is 12.5 Å².